The second-order valence-corrected chi connectivity index (χ2v) is 6.01. The topological polar surface area (TPSA) is 84.9 Å². The van der Waals surface area contributed by atoms with Crippen LogP contribution < -0.4 is 15.0 Å². The van der Waals surface area contributed by atoms with Crippen LogP contribution >= 0.6 is 0 Å². The molecule has 25 heavy (non-hydrogen) atoms. The normalized spacial score (nSPS) is 15.6. The number of nitrogens with zero attached hydrogens (tertiary/aromatic N) is 1. The van der Waals surface area contributed by atoms with Crippen LogP contribution in [0.4, 0.5) is 5.69 Å². The average molecular weight is 348 g/mol. The highest BCUT2D eigenvalue weighted by molar-refractivity contribution is 5.98. The van der Waals surface area contributed by atoms with Crippen LogP contribution in [-0.2, 0) is 19.1 Å². The molecule has 7 nitrogen and oxygen atoms in total. The van der Waals surface area contributed by atoms with Crippen molar-refractivity contribution in [2.24, 2.45) is 5.92 Å². The first-order valence-corrected chi connectivity index (χ1v) is 8.37. The molecule has 1 aliphatic heterocycles. The highest BCUT2D eigenvalue weighted by Crippen LogP contribution is 2.31. The lowest BCUT2D eigenvalue weighted by atomic mass is 9.99. The molecule has 1 aromatic carbocycles. The third kappa shape index (κ3) is 4.49. The van der Waals surface area contributed by atoms with Gasteiger partial charge in [-0.2, -0.15) is 0 Å². The summed E-state index contributed by atoms with van der Waals surface area (Å²) in [7, 11) is 1.30. The molecule has 0 bridgehead atoms. The van der Waals surface area contributed by atoms with E-state index < -0.39 is 12.0 Å². The van der Waals surface area contributed by atoms with E-state index in [4.69, 9.17) is 9.47 Å². The van der Waals surface area contributed by atoms with Gasteiger partial charge in [-0.05, 0) is 18.1 Å². The van der Waals surface area contributed by atoms with Crippen molar-refractivity contribution >= 4 is 23.5 Å². The van der Waals surface area contributed by atoms with Crippen LogP contribution in [0.5, 0.6) is 5.75 Å². The number of carbonyl (C=O) groups excluding carboxylic acids is 3. The summed E-state index contributed by atoms with van der Waals surface area (Å²) in [6.07, 6.45) is 0.819. The number of ether oxygens (including phenoxy) is 2. The minimum atomic E-state index is -0.685. The Morgan fingerprint density at radius 2 is 2.08 bits per heavy atom. The molecule has 136 valence electrons. The minimum absolute atomic E-state index is 0.0397. The number of amides is 2. The van der Waals surface area contributed by atoms with E-state index in [1.165, 1.54) is 12.0 Å². The molecule has 2 rings (SSSR count). The molecule has 0 aromatic heterocycles. The zero-order valence-electron chi connectivity index (χ0n) is 14.8. The monoisotopic (exact) mass is 348 g/mol. The van der Waals surface area contributed by atoms with Crippen LogP contribution in [0.25, 0.3) is 0 Å². The van der Waals surface area contributed by atoms with Crippen molar-refractivity contribution in [2.75, 3.05) is 25.2 Å². The number of esters is 1. The molecule has 7 heteroatoms. The molecule has 1 aliphatic rings. The number of carbonyl (C=O) groups is 3. The van der Waals surface area contributed by atoms with E-state index in [0.29, 0.717) is 11.4 Å². The van der Waals surface area contributed by atoms with Gasteiger partial charge < -0.3 is 19.7 Å². The van der Waals surface area contributed by atoms with Crippen molar-refractivity contribution in [3.05, 3.63) is 24.3 Å². The predicted octanol–water partition coefficient (Wildman–Crippen LogP) is 1.51. The van der Waals surface area contributed by atoms with Crippen LogP contribution in [0, 0.1) is 5.92 Å². The molecule has 0 spiro atoms. The Hall–Kier alpha value is -2.57. The fourth-order valence-electron chi connectivity index (χ4n) is 2.65. The Bertz CT molecular complexity index is 646. The van der Waals surface area contributed by atoms with Gasteiger partial charge in [0.25, 0.3) is 5.91 Å². The number of benzene rings is 1. The van der Waals surface area contributed by atoms with E-state index >= 15 is 0 Å². The van der Waals surface area contributed by atoms with Crippen LogP contribution in [0.3, 0.4) is 0 Å². The average Bonchev–Trinajstić information content (AvgIpc) is 2.64. The minimum Gasteiger partial charge on any atom is -0.482 e. The molecule has 2 unspecified atom stereocenters. The molecule has 0 aliphatic carbocycles. The first-order valence-electron chi connectivity index (χ1n) is 8.37. The predicted molar refractivity (Wildman–Crippen MR) is 92.3 cm³/mol. The summed E-state index contributed by atoms with van der Waals surface area (Å²) in [6.45, 7) is 4.00. The van der Waals surface area contributed by atoms with Crippen molar-refractivity contribution in [1.29, 1.82) is 0 Å². The zero-order chi connectivity index (χ0) is 18.4. The third-order valence-corrected chi connectivity index (χ3v) is 4.36. The smallest absolute Gasteiger partial charge is 0.328 e. The first kappa shape index (κ1) is 18.8. The van der Waals surface area contributed by atoms with Crippen LogP contribution in [0.1, 0.15) is 26.7 Å². The number of nitrogens with one attached hydrogen (secondary N) is 1. The molecule has 0 saturated heterocycles. The molecule has 0 fully saturated rings. The Morgan fingerprint density at radius 1 is 1.36 bits per heavy atom. The lowest BCUT2D eigenvalue weighted by Crippen LogP contribution is -2.47. The molecular weight excluding hydrogens is 324 g/mol. The molecule has 2 amide bonds. The van der Waals surface area contributed by atoms with E-state index in [1.807, 2.05) is 26.0 Å². The van der Waals surface area contributed by atoms with Gasteiger partial charge in [0.05, 0.1) is 12.8 Å². The standard InChI is InChI=1S/C18H24N2O5/c1-4-12(2)17(18(23)24-3)19-15(21)9-10-20-13-7-5-6-8-14(13)25-11-16(20)22/h5-8,12,17H,4,9-11H2,1-3H3,(H,19,21). The van der Waals surface area contributed by atoms with Crippen LogP contribution in [0.2, 0.25) is 0 Å². The number of anilines is 1. The highest BCUT2D eigenvalue weighted by atomic mass is 16.5. The Balaban J connectivity index is 1.99. The van der Waals surface area contributed by atoms with E-state index in [2.05, 4.69) is 5.32 Å². The van der Waals surface area contributed by atoms with Gasteiger partial charge in [-0.15, -0.1) is 0 Å². The molecule has 1 N–H and O–H groups in total. The van der Waals surface area contributed by atoms with Gasteiger partial charge in [0.1, 0.15) is 11.8 Å². The Labute approximate surface area is 147 Å². The second kappa shape index (κ2) is 8.50. The molecule has 0 radical (unpaired) electrons. The lowest BCUT2D eigenvalue weighted by molar-refractivity contribution is -0.146. The molecule has 0 saturated carbocycles. The van der Waals surface area contributed by atoms with Gasteiger partial charge in [-0.3, -0.25) is 9.59 Å². The van der Waals surface area contributed by atoms with Crippen molar-refractivity contribution in [2.45, 2.75) is 32.7 Å². The number of para-hydroxylation sites is 2. The van der Waals surface area contributed by atoms with Crippen LogP contribution in [-0.4, -0.2) is 44.1 Å². The van der Waals surface area contributed by atoms with Gasteiger partial charge in [-0.1, -0.05) is 32.4 Å². The third-order valence-electron chi connectivity index (χ3n) is 4.36. The Morgan fingerprint density at radius 3 is 2.76 bits per heavy atom. The van der Waals surface area contributed by atoms with E-state index in [1.54, 1.807) is 12.1 Å². The maximum absolute atomic E-state index is 12.3. The SMILES string of the molecule is CCC(C)C(NC(=O)CCN1C(=O)COc2ccccc21)C(=O)OC. The number of methoxy groups -OCH3 is 1. The Kier molecular flexibility index (Phi) is 6.38. The summed E-state index contributed by atoms with van der Waals surface area (Å²) in [6, 6.07) is 6.51. The van der Waals surface area contributed by atoms with Gasteiger partial charge in [0, 0.05) is 13.0 Å². The molecule has 2 atom stereocenters. The van der Waals surface area contributed by atoms with E-state index in [0.717, 1.165) is 6.42 Å². The summed E-state index contributed by atoms with van der Waals surface area (Å²) < 4.78 is 10.1. The fraction of sp³-hybridized carbons (Fsp3) is 0.500. The molecular formula is C18H24N2O5. The van der Waals surface area contributed by atoms with Gasteiger partial charge in [-0.25, -0.2) is 4.79 Å². The number of hydrogen-bond donors (Lipinski definition) is 1. The summed E-state index contributed by atoms with van der Waals surface area (Å²) >= 11 is 0. The van der Waals surface area contributed by atoms with Gasteiger partial charge in [0.2, 0.25) is 5.91 Å². The highest BCUT2D eigenvalue weighted by Gasteiger charge is 2.28. The van der Waals surface area contributed by atoms with Crippen molar-refractivity contribution < 1.29 is 23.9 Å². The lowest BCUT2D eigenvalue weighted by Gasteiger charge is -2.29. The van der Waals surface area contributed by atoms with E-state index in [-0.39, 0.29) is 37.3 Å². The number of rotatable bonds is 7. The quantitative estimate of drug-likeness (QED) is 0.755. The van der Waals surface area contributed by atoms with Crippen molar-refractivity contribution in [3.8, 4) is 5.75 Å². The summed E-state index contributed by atoms with van der Waals surface area (Å²) in [5, 5.41) is 2.71. The number of hydrogen-bond acceptors (Lipinski definition) is 5. The molecule has 1 aromatic rings. The van der Waals surface area contributed by atoms with Crippen molar-refractivity contribution in [3.63, 3.8) is 0 Å². The largest absolute Gasteiger partial charge is 0.482 e. The summed E-state index contributed by atoms with van der Waals surface area (Å²) in [5.41, 5.74) is 0.651. The molecule has 1 heterocycles. The maximum atomic E-state index is 12.3. The zero-order valence-corrected chi connectivity index (χ0v) is 14.8. The second-order valence-electron chi connectivity index (χ2n) is 6.01. The van der Waals surface area contributed by atoms with Crippen molar-refractivity contribution in [1.82, 2.24) is 5.32 Å². The maximum Gasteiger partial charge on any atom is 0.328 e. The van der Waals surface area contributed by atoms with Gasteiger partial charge >= 0.3 is 5.97 Å². The number of fused-ring (bicyclic) bond motifs is 1. The van der Waals surface area contributed by atoms with Gasteiger partial charge in [0.15, 0.2) is 6.61 Å². The fourth-order valence-corrected chi connectivity index (χ4v) is 2.65. The summed E-state index contributed by atoms with van der Waals surface area (Å²) in [5.74, 6) is -0.377. The van der Waals surface area contributed by atoms with Crippen LogP contribution in [0.15, 0.2) is 24.3 Å². The van der Waals surface area contributed by atoms with E-state index in [9.17, 15) is 14.4 Å². The first-order chi connectivity index (χ1) is 12.0. The summed E-state index contributed by atoms with van der Waals surface area (Å²) in [4.78, 5) is 37.8.